The molecule has 0 amide bonds. The molecule has 10 heteroatoms. The summed E-state index contributed by atoms with van der Waals surface area (Å²) in [5.41, 5.74) is 0. The maximum atomic E-state index is 12.8. The fraction of sp³-hybridized carbons (Fsp3) is 0.294. The number of halogens is 2. The van der Waals surface area contributed by atoms with Crippen molar-refractivity contribution < 1.29 is 16.8 Å². The molecular weight excluding hydrogens is 431 g/mol. The van der Waals surface area contributed by atoms with Crippen LogP contribution in [-0.2, 0) is 20.0 Å². The molecule has 0 unspecified atom stereocenters. The van der Waals surface area contributed by atoms with Gasteiger partial charge in [0.1, 0.15) is 0 Å². The second-order valence-corrected chi connectivity index (χ2v) is 10.8. The van der Waals surface area contributed by atoms with Crippen LogP contribution in [0.5, 0.6) is 0 Å². The predicted molar refractivity (Wildman–Crippen MR) is 105 cm³/mol. The van der Waals surface area contributed by atoms with Gasteiger partial charge in [-0.25, -0.2) is 16.8 Å². The molecule has 146 valence electrons. The van der Waals surface area contributed by atoms with Crippen molar-refractivity contribution >= 4 is 43.2 Å². The van der Waals surface area contributed by atoms with Crippen molar-refractivity contribution in [2.45, 2.75) is 16.2 Å². The number of nitrogens with zero attached hydrogens (tertiary/aromatic N) is 2. The smallest absolute Gasteiger partial charge is 0.207 e. The lowest BCUT2D eigenvalue weighted by atomic mass is 10.4. The van der Waals surface area contributed by atoms with Crippen LogP contribution >= 0.6 is 23.2 Å². The SMILES string of the molecule is O=S(=O)(c1cccc(Cl)c1)N1CCCN(S(=O)(=O)c2cccc(Cl)c2)CC1. The highest BCUT2D eigenvalue weighted by Crippen LogP contribution is 2.24. The molecule has 2 aromatic rings. The van der Waals surface area contributed by atoms with Crippen molar-refractivity contribution in [3.8, 4) is 0 Å². The van der Waals surface area contributed by atoms with Crippen LogP contribution in [0.25, 0.3) is 0 Å². The van der Waals surface area contributed by atoms with Gasteiger partial charge in [0.05, 0.1) is 9.79 Å². The summed E-state index contributed by atoms with van der Waals surface area (Å²) in [5, 5.41) is 0.659. The molecule has 2 aromatic carbocycles. The minimum atomic E-state index is -3.74. The van der Waals surface area contributed by atoms with E-state index in [0.717, 1.165) is 0 Å². The van der Waals surface area contributed by atoms with Crippen molar-refractivity contribution in [1.29, 1.82) is 0 Å². The Morgan fingerprint density at radius 2 is 1.07 bits per heavy atom. The molecule has 0 aliphatic carbocycles. The lowest BCUT2D eigenvalue weighted by molar-refractivity contribution is 0.404. The van der Waals surface area contributed by atoms with E-state index in [4.69, 9.17) is 23.2 Å². The Bertz CT molecular complexity index is 959. The Morgan fingerprint density at radius 3 is 1.44 bits per heavy atom. The molecule has 1 aliphatic rings. The number of sulfonamides is 2. The summed E-state index contributed by atoms with van der Waals surface area (Å²) in [6, 6.07) is 12.1. The summed E-state index contributed by atoms with van der Waals surface area (Å²) >= 11 is 11.8. The highest BCUT2D eigenvalue weighted by atomic mass is 35.5. The quantitative estimate of drug-likeness (QED) is 0.719. The first-order valence-corrected chi connectivity index (χ1v) is 11.9. The molecule has 0 atom stereocenters. The lowest BCUT2D eigenvalue weighted by Gasteiger charge is -2.22. The summed E-state index contributed by atoms with van der Waals surface area (Å²) < 4.78 is 54.0. The molecule has 0 bridgehead atoms. The average Bonchev–Trinajstić information content (AvgIpc) is 2.89. The third kappa shape index (κ3) is 4.47. The Labute approximate surface area is 169 Å². The Hall–Kier alpha value is -1.16. The van der Waals surface area contributed by atoms with E-state index in [0.29, 0.717) is 16.5 Å². The van der Waals surface area contributed by atoms with E-state index >= 15 is 0 Å². The maximum Gasteiger partial charge on any atom is 0.243 e. The van der Waals surface area contributed by atoms with Gasteiger partial charge in [0, 0.05) is 36.2 Å². The molecule has 3 rings (SSSR count). The zero-order chi connectivity index (χ0) is 19.7. The fourth-order valence-electron chi connectivity index (χ4n) is 2.90. The van der Waals surface area contributed by atoms with Gasteiger partial charge in [0.2, 0.25) is 20.0 Å². The van der Waals surface area contributed by atoms with E-state index < -0.39 is 20.0 Å². The molecule has 0 radical (unpaired) electrons. The minimum absolute atomic E-state index is 0.0641. The summed E-state index contributed by atoms with van der Waals surface area (Å²) in [5.74, 6) is 0. The van der Waals surface area contributed by atoms with Crippen LogP contribution in [0.4, 0.5) is 0 Å². The maximum absolute atomic E-state index is 12.8. The number of rotatable bonds is 4. The van der Waals surface area contributed by atoms with E-state index in [1.165, 1.54) is 32.9 Å². The highest BCUT2D eigenvalue weighted by Gasteiger charge is 2.31. The largest absolute Gasteiger partial charge is 0.243 e. The second-order valence-electron chi connectivity index (χ2n) is 6.08. The van der Waals surface area contributed by atoms with Gasteiger partial charge in [-0.15, -0.1) is 0 Å². The molecule has 1 aliphatic heterocycles. The first-order valence-electron chi connectivity index (χ1n) is 8.23. The number of hydrogen-bond donors (Lipinski definition) is 0. The topological polar surface area (TPSA) is 74.8 Å². The normalized spacial score (nSPS) is 17.6. The van der Waals surface area contributed by atoms with Crippen LogP contribution in [0.15, 0.2) is 58.3 Å². The van der Waals surface area contributed by atoms with Crippen molar-refractivity contribution in [3.05, 3.63) is 58.6 Å². The van der Waals surface area contributed by atoms with Crippen molar-refractivity contribution in [3.63, 3.8) is 0 Å². The first-order chi connectivity index (χ1) is 12.7. The highest BCUT2D eigenvalue weighted by molar-refractivity contribution is 7.89. The van der Waals surface area contributed by atoms with E-state index in [2.05, 4.69) is 0 Å². The zero-order valence-corrected chi connectivity index (χ0v) is 17.4. The lowest BCUT2D eigenvalue weighted by Crippen LogP contribution is -2.37. The van der Waals surface area contributed by atoms with Gasteiger partial charge in [-0.1, -0.05) is 35.3 Å². The van der Waals surface area contributed by atoms with E-state index in [-0.39, 0.29) is 36.0 Å². The summed E-state index contributed by atoms with van der Waals surface area (Å²) in [4.78, 5) is 0.197. The third-order valence-corrected chi connectivity index (χ3v) is 8.54. The Balaban J connectivity index is 1.81. The Kier molecular flexibility index (Phi) is 6.14. The molecule has 1 fully saturated rings. The molecule has 27 heavy (non-hydrogen) atoms. The van der Waals surface area contributed by atoms with E-state index in [9.17, 15) is 16.8 Å². The second kappa shape index (κ2) is 8.06. The monoisotopic (exact) mass is 448 g/mol. The van der Waals surface area contributed by atoms with Crippen LogP contribution in [0.1, 0.15) is 6.42 Å². The van der Waals surface area contributed by atoms with Crippen LogP contribution in [-0.4, -0.2) is 51.6 Å². The number of benzene rings is 2. The van der Waals surface area contributed by atoms with Gasteiger partial charge in [-0.05, 0) is 42.8 Å². The van der Waals surface area contributed by atoms with Crippen LogP contribution in [0.3, 0.4) is 0 Å². The first kappa shape index (κ1) is 20.6. The van der Waals surface area contributed by atoms with Crippen LogP contribution in [0.2, 0.25) is 10.0 Å². The average molecular weight is 449 g/mol. The molecule has 0 N–H and O–H groups in total. The standard InChI is InChI=1S/C17H18Cl2N2O4S2/c18-14-4-1-6-16(12-14)26(22,23)20-8-3-9-21(11-10-20)27(24,25)17-7-2-5-15(19)13-17/h1-2,4-7,12-13H,3,8-11H2. The van der Waals surface area contributed by atoms with Crippen molar-refractivity contribution in [2.24, 2.45) is 0 Å². The van der Waals surface area contributed by atoms with Crippen molar-refractivity contribution in [2.75, 3.05) is 26.2 Å². The van der Waals surface area contributed by atoms with E-state index in [1.807, 2.05) is 0 Å². The molecular formula is C17H18Cl2N2O4S2. The number of hydrogen-bond acceptors (Lipinski definition) is 4. The molecule has 0 spiro atoms. The molecule has 1 heterocycles. The zero-order valence-electron chi connectivity index (χ0n) is 14.3. The van der Waals surface area contributed by atoms with Gasteiger partial charge in [0.15, 0.2) is 0 Å². The van der Waals surface area contributed by atoms with Gasteiger partial charge < -0.3 is 0 Å². The van der Waals surface area contributed by atoms with Gasteiger partial charge in [-0.3, -0.25) is 0 Å². The minimum Gasteiger partial charge on any atom is -0.207 e. The molecule has 6 nitrogen and oxygen atoms in total. The fourth-order valence-corrected chi connectivity index (χ4v) is 6.45. The van der Waals surface area contributed by atoms with Gasteiger partial charge in [0.25, 0.3) is 0 Å². The summed E-state index contributed by atoms with van der Waals surface area (Å²) in [6.07, 6.45) is 0.388. The summed E-state index contributed by atoms with van der Waals surface area (Å²) in [6.45, 7) is 0.593. The summed E-state index contributed by atoms with van der Waals surface area (Å²) in [7, 11) is -7.48. The van der Waals surface area contributed by atoms with Crippen LogP contribution in [0, 0.1) is 0 Å². The van der Waals surface area contributed by atoms with Crippen LogP contribution < -0.4 is 0 Å². The van der Waals surface area contributed by atoms with E-state index in [1.54, 1.807) is 24.3 Å². The molecule has 0 saturated carbocycles. The van der Waals surface area contributed by atoms with Crippen molar-refractivity contribution in [1.82, 2.24) is 8.61 Å². The van der Waals surface area contributed by atoms with Gasteiger partial charge in [-0.2, -0.15) is 8.61 Å². The Morgan fingerprint density at radius 1 is 0.667 bits per heavy atom. The predicted octanol–water partition coefficient (Wildman–Crippen LogP) is 3.08. The molecule has 0 aromatic heterocycles. The van der Waals surface area contributed by atoms with Gasteiger partial charge >= 0.3 is 0 Å². The molecule has 1 saturated heterocycles. The third-order valence-electron chi connectivity index (χ3n) is 4.28.